The molecule has 0 bridgehead atoms. The quantitative estimate of drug-likeness (QED) is 0.775. The fourth-order valence-corrected chi connectivity index (χ4v) is 4.23. The number of carbonyl (C=O) groups excluding carboxylic acids is 1. The third-order valence-corrected chi connectivity index (χ3v) is 6.49. The van der Waals surface area contributed by atoms with Gasteiger partial charge in [0.15, 0.2) is 9.84 Å². The molecule has 2 atom stereocenters. The van der Waals surface area contributed by atoms with E-state index in [0.29, 0.717) is 0 Å². The first-order chi connectivity index (χ1) is 13.3. The van der Waals surface area contributed by atoms with Crippen molar-refractivity contribution in [3.8, 4) is 0 Å². The van der Waals surface area contributed by atoms with Crippen molar-refractivity contribution in [1.29, 1.82) is 0 Å². The van der Waals surface area contributed by atoms with E-state index in [1.165, 1.54) is 19.1 Å². The van der Waals surface area contributed by atoms with Gasteiger partial charge in [0.1, 0.15) is 0 Å². The van der Waals surface area contributed by atoms with Gasteiger partial charge >= 0.3 is 0 Å². The highest BCUT2D eigenvalue weighted by molar-refractivity contribution is 7.90. The SMILES string of the molecule is CC(C(=O)N[C@H](CN1CCCC1)c1ccccc1)c1ccc(S(C)(=O)=O)cc1. The van der Waals surface area contributed by atoms with Crippen LogP contribution < -0.4 is 5.32 Å². The molecular formula is C22H28N2O3S. The monoisotopic (exact) mass is 400 g/mol. The number of hydrogen-bond acceptors (Lipinski definition) is 4. The van der Waals surface area contributed by atoms with Gasteiger partial charge in [0.25, 0.3) is 0 Å². The third-order valence-electron chi connectivity index (χ3n) is 5.36. The zero-order valence-corrected chi connectivity index (χ0v) is 17.3. The molecule has 1 fully saturated rings. The van der Waals surface area contributed by atoms with Gasteiger partial charge in [-0.25, -0.2) is 8.42 Å². The van der Waals surface area contributed by atoms with Gasteiger partial charge < -0.3 is 10.2 Å². The molecule has 1 aliphatic heterocycles. The minimum Gasteiger partial charge on any atom is -0.347 e. The highest BCUT2D eigenvalue weighted by Crippen LogP contribution is 2.22. The van der Waals surface area contributed by atoms with Crippen LogP contribution in [0, 0.1) is 0 Å². The number of amides is 1. The molecule has 1 aliphatic rings. The molecule has 1 N–H and O–H groups in total. The van der Waals surface area contributed by atoms with E-state index in [1.54, 1.807) is 24.3 Å². The topological polar surface area (TPSA) is 66.5 Å². The van der Waals surface area contributed by atoms with Crippen molar-refractivity contribution in [2.45, 2.75) is 36.6 Å². The first-order valence-corrected chi connectivity index (χ1v) is 11.6. The molecule has 2 aromatic carbocycles. The van der Waals surface area contributed by atoms with Crippen LogP contribution in [-0.2, 0) is 14.6 Å². The standard InChI is InChI=1S/C22H28N2O3S/c1-17(18-10-12-20(13-11-18)28(2,26)27)22(25)23-21(16-24-14-6-7-15-24)19-8-4-3-5-9-19/h3-5,8-13,17,21H,6-7,14-16H2,1-2H3,(H,23,25)/t17?,21-/m1/s1. The van der Waals surface area contributed by atoms with Gasteiger partial charge in [-0.2, -0.15) is 0 Å². The number of hydrogen-bond donors (Lipinski definition) is 1. The smallest absolute Gasteiger partial charge is 0.227 e. The molecule has 0 spiro atoms. The van der Waals surface area contributed by atoms with Crippen molar-refractivity contribution in [3.05, 3.63) is 65.7 Å². The number of carbonyl (C=O) groups is 1. The van der Waals surface area contributed by atoms with Crippen molar-refractivity contribution in [2.24, 2.45) is 0 Å². The van der Waals surface area contributed by atoms with Crippen molar-refractivity contribution >= 4 is 15.7 Å². The fourth-order valence-electron chi connectivity index (χ4n) is 3.59. The number of nitrogens with one attached hydrogen (secondary N) is 1. The maximum atomic E-state index is 12.9. The zero-order valence-electron chi connectivity index (χ0n) is 16.5. The van der Waals surface area contributed by atoms with Gasteiger partial charge in [-0.3, -0.25) is 4.79 Å². The maximum Gasteiger partial charge on any atom is 0.227 e. The molecule has 5 nitrogen and oxygen atoms in total. The maximum absolute atomic E-state index is 12.9. The Morgan fingerprint density at radius 1 is 1.00 bits per heavy atom. The van der Waals surface area contributed by atoms with E-state index in [4.69, 9.17) is 0 Å². The average Bonchev–Trinajstić information content (AvgIpc) is 3.20. The summed E-state index contributed by atoms with van der Waals surface area (Å²) in [5.74, 6) is -0.418. The van der Waals surface area contributed by atoms with Crippen LogP contribution >= 0.6 is 0 Å². The fraction of sp³-hybridized carbons (Fsp3) is 0.409. The molecule has 0 aromatic heterocycles. The van der Waals surface area contributed by atoms with E-state index in [1.807, 2.05) is 37.3 Å². The number of likely N-dealkylation sites (tertiary alicyclic amines) is 1. The summed E-state index contributed by atoms with van der Waals surface area (Å²) in [5, 5.41) is 3.20. The molecule has 1 saturated heterocycles. The normalized spacial score (nSPS) is 17.2. The molecule has 150 valence electrons. The minimum atomic E-state index is -3.24. The van der Waals surface area contributed by atoms with Crippen molar-refractivity contribution < 1.29 is 13.2 Å². The largest absolute Gasteiger partial charge is 0.347 e. The lowest BCUT2D eigenvalue weighted by atomic mass is 9.99. The Labute approximate surface area is 167 Å². The van der Waals surface area contributed by atoms with E-state index in [9.17, 15) is 13.2 Å². The second-order valence-corrected chi connectivity index (χ2v) is 9.56. The molecule has 0 saturated carbocycles. The lowest BCUT2D eigenvalue weighted by Gasteiger charge is -2.26. The van der Waals surface area contributed by atoms with Gasteiger partial charge in [-0.05, 0) is 56.1 Å². The molecule has 6 heteroatoms. The predicted molar refractivity (Wildman–Crippen MR) is 111 cm³/mol. The second-order valence-electron chi connectivity index (χ2n) is 7.54. The lowest BCUT2D eigenvalue weighted by Crippen LogP contribution is -2.38. The summed E-state index contributed by atoms with van der Waals surface area (Å²) in [5.41, 5.74) is 1.90. The van der Waals surface area contributed by atoms with E-state index in [0.717, 1.165) is 30.8 Å². The third kappa shape index (κ3) is 5.20. The van der Waals surface area contributed by atoms with Gasteiger partial charge in [0, 0.05) is 12.8 Å². The van der Waals surface area contributed by atoms with Crippen LogP contribution in [0.25, 0.3) is 0 Å². The van der Waals surface area contributed by atoms with Crippen molar-refractivity contribution in [3.63, 3.8) is 0 Å². The number of benzene rings is 2. The number of sulfone groups is 1. The van der Waals surface area contributed by atoms with Gasteiger partial charge in [-0.1, -0.05) is 42.5 Å². The molecule has 1 unspecified atom stereocenters. The van der Waals surface area contributed by atoms with Crippen molar-refractivity contribution in [2.75, 3.05) is 25.9 Å². The molecule has 0 aliphatic carbocycles. The second kappa shape index (κ2) is 8.88. The molecular weight excluding hydrogens is 372 g/mol. The lowest BCUT2D eigenvalue weighted by molar-refractivity contribution is -0.123. The van der Waals surface area contributed by atoms with Crippen LogP contribution in [-0.4, -0.2) is 45.1 Å². The highest BCUT2D eigenvalue weighted by Gasteiger charge is 2.23. The van der Waals surface area contributed by atoms with E-state index < -0.39 is 9.84 Å². The van der Waals surface area contributed by atoms with E-state index in [-0.39, 0.29) is 22.8 Å². The number of rotatable bonds is 7. The Kier molecular flexibility index (Phi) is 6.52. The van der Waals surface area contributed by atoms with Crippen LogP contribution in [0.3, 0.4) is 0 Å². The van der Waals surface area contributed by atoms with Crippen LogP contribution in [0.1, 0.15) is 42.9 Å². The predicted octanol–water partition coefficient (Wildman–Crippen LogP) is 3.15. The first-order valence-electron chi connectivity index (χ1n) is 9.72. The summed E-state index contributed by atoms with van der Waals surface area (Å²) in [6.07, 6.45) is 3.60. The first kappa shape index (κ1) is 20.6. The van der Waals surface area contributed by atoms with E-state index in [2.05, 4.69) is 10.2 Å². The average molecular weight is 401 g/mol. The Hall–Kier alpha value is -2.18. The van der Waals surface area contributed by atoms with E-state index >= 15 is 0 Å². The van der Waals surface area contributed by atoms with Gasteiger partial charge in [0.05, 0.1) is 16.9 Å². The Bertz CT molecular complexity index is 889. The number of nitrogens with zero attached hydrogens (tertiary/aromatic N) is 1. The van der Waals surface area contributed by atoms with Crippen LogP contribution in [0.15, 0.2) is 59.5 Å². The summed E-state index contributed by atoms with van der Waals surface area (Å²) in [6, 6.07) is 16.6. The summed E-state index contributed by atoms with van der Waals surface area (Å²) in [7, 11) is -3.24. The molecule has 1 heterocycles. The van der Waals surface area contributed by atoms with Crippen LogP contribution in [0.5, 0.6) is 0 Å². The van der Waals surface area contributed by atoms with Gasteiger partial charge in [0.2, 0.25) is 5.91 Å². The summed E-state index contributed by atoms with van der Waals surface area (Å²) >= 11 is 0. The van der Waals surface area contributed by atoms with Crippen molar-refractivity contribution in [1.82, 2.24) is 10.2 Å². The molecule has 1 amide bonds. The van der Waals surface area contributed by atoms with Crippen LogP contribution in [0.2, 0.25) is 0 Å². The highest BCUT2D eigenvalue weighted by atomic mass is 32.2. The Morgan fingerprint density at radius 2 is 1.61 bits per heavy atom. The Morgan fingerprint density at radius 3 is 2.18 bits per heavy atom. The summed E-state index contributed by atoms with van der Waals surface area (Å²) in [6.45, 7) is 4.79. The zero-order chi connectivity index (χ0) is 20.1. The molecule has 28 heavy (non-hydrogen) atoms. The van der Waals surface area contributed by atoms with Crippen LogP contribution in [0.4, 0.5) is 0 Å². The van der Waals surface area contributed by atoms with Gasteiger partial charge in [-0.15, -0.1) is 0 Å². The minimum absolute atomic E-state index is 0.0554. The Balaban J connectivity index is 1.73. The molecule has 3 rings (SSSR count). The molecule has 0 radical (unpaired) electrons. The summed E-state index contributed by atoms with van der Waals surface area (Å²) < 4.78 is 23.3. The molecule has 2 aromatic rings. The summed E-state index contributed by atoms with van der Waals surface area (Å²) in [4.78, 5) is 15.6.